The average Bonchev–Trinajstić information content (AvgIpc) is 2.48. The van der Waals surface area contributed by atoms with E-state index in [1.807, 2.05) is 36.4 Å². The van der Waals surface area contributed by atoms with Gasteiger partial charge in [-0.15, -0.1) is 0 Å². The lowest BCUT2D eigenvalue weighted by atomic mass is 9.91. The Morgan fingerprint density at radius 2 is 1.65 bits per heavy atom. The number of carbonyl (C=O) groups excluding carboxylic acids is 1. The fourth-order valence-corrected chi connectivity index (χ4v) is 4.00. The van der Waals surface area contributed by atoms with Gasteiger partial charge in [0.1, 0.15) is 0 Å². The van der Waals surface area contributed by atoms with Gasteiger partial charge in [-0.2, -0.15) is 0 Å². The first kappa shape index (κ1) is 13.1. The first-order valence-corrected chi connectivity index (χ1v) is 8.26. The lowest BCUT2D eigenvalue weighted by Crippen LogP contribution is -2.11. The summed E-state index contributed by atoms with van der Waals surface area (Å²) in [5, 5.41) is 0. The smallest absolute Gasteiger partial charge is 0.163 e. The SMILES string of the molecule is N=S(=N)(c1ccccc1)c1ccc2c(c1)CCCC2=O. The molecule has 2 N–H and O–H groups in total. The number of hydrogen-bond donors (Lipinski definition) is 2. The van der Waals surface area contributed by atoms with Gasteiger partial charge in [0, 0.05) is 21.8 Å². The molecular formula is C16H16N2OS. The predicted octanol–water partition coefficient (Wildman–Crippen LogP) is 4.30. The second-order valence-corrected chi connectivity index (χ2v) is 7.19. The van der Waals surface area contributed by atoms with Crippen molar-refractivity contribution in [2.45, 2.75) is 29.1 Å². The van der Waals surface area contributed by atoms with E-state index in [0.717, 1.165) is 28.9 Å². The van der Waals surface area contributed by atoms with Crippen molar-refractivity contribution in [3.8, 4) is 0 Å². The van der Waals surface area contributed by atoms with Gasteiger partial charge in [0.25, 0.3) is 0 Å². The number of carbonyl (C=O) groups is 1. The summed E-state index contributed by atoms with van der Waals surface area (Å²) in [6.07, 6.45) is 2.36. The normalized spacial score (nSPS) is 14.9. The molecule has 0 fully saturated rings. The highest BCUT2D eigenvalue weighted by molar-refractivity contribution is 7.93. The minimum atomic E-state index is -2.50. The molecule has 0 bridgehead atoms. The van der Waals surface area contributed by atoms with E-state index in [0.29, 0.717) is 11.3 Å². The standard InChI is InChI=1S/C16H16N2OS/c17-20(18,13-6-2-1-3-7-13)14-9-10-15-12(11-14)5-4-8-16(15)19/h1-3,6-7,9-11,17-18H,4-5,8H2. The van der Waals surface area contributed by atoms with Gasteiger partial charge in [-0.1, -0.05) is 18.2 Å². The van der Waals surface area contributed by atoms with E-state index in [1.54, 1.807) is 12.1 Å². The van der Waals surface area contributed by atoms with Crippen LogP contribution >= 0.6 is 0 Å². The zero-order chi connectivity index (χ0) is 14.2. The summed E-state index contributed by atoms with van der Waals surface area (Å²) in [6.45, 7) is 0. The van der Waals surface area contributed by atoms with Crippen LogP contribution in [0.25, 0.3) is 0 Å². The lowest BCUT2D eigenvalue weighted by Gasteiger charge is -2.18. The summed E-state index contributed by atoms with van der Waals surface area (Å²) in [4.78, 5) is 13.3. The molecule has 0 amide bonds. The maximum atomic E-state index is 11.8. The molecule has 3 rings (SSSR count). The fraction of sp³-hybridized carbons (Fsp3) is 0.188. The monoisotopic (exact) mass is 284 g/mol. The minimum absolute atomic E-state index is 0.188. The topological polar surface area (TPSA) is 64.8 Å². The lowest BCUT2D eigenvalue weighted by molar-refractivity contribution is 0.0972. The molecule has 0 radical (unpaired) electrons. The van der Waals surface area contributed by atoms with E-state index in [1.165, 1.54) is 0 Å². The predicted molar refractivity (Wildman–Crippen MR) is 79.5 cm³/mol. The molecule has 2 aromatic rings. The molecule has 102 valence electrons. The highest BCUT2D eigenvalue weighted by atomic mass is 32.2. The van der Waals surface area contributed by atoms with Crippen LogP contribution in [0.5, 0.6) is 0 Å². The van der Waals surface area contributed by atoms with Crippen LogP contribution in [0.1, 0.15) is 28.8 Å². The molecule has 0 heterocycles. The first-order valence-electron chi connectivity index (χ1n) is 6.63. The molecule has 20 heavy (non-hydrogen) atoms. The van der Waals surface area contributed by atoms with Crippen LogP contribution in [-0.4, -0.2) is 5.78 Å². The number of nitrogens with one attached hydrogen (secondary N) is 2. The molecule has 0 aromatic heterocycles. The highest BCUT2D eigenvalue weighted by Crippen LogP contribution is 2.28. The molecule has 0 saturated carbocycles. The summed E-state index contributed by atoms with van der Waals surface area (Å²) in [5.74, 6) is 0.188. The molecule has 3 nitrogen and oxygen atoms in total. The number of Topliss-reactive ketones (excluding diaryl/α,β-unsaturated/α-hetero) is 1. The molecule has 0 aliphatic heterocycles. The number of fused-ring (bicyclic) bond motifs is 1. The maximum Gasteiger partial charge on any atom is 0.163 e. The van der Waals surface area contributed by atoms with Crippen LogP contribution in [0, 0.1) is 9.56 Å². The van der Waals surface area contributed by atoms with Crippen molar-refractivity contribution >= 4 is 15.4 Å². The van der Waals surface area contributed by atoms with Crippen molar-refractivity contribution in [3.05, 3.63) is 59.7 Å². The summed E-state index contributed by atoms with van der Waals surface area (Å²) < 4.78 is 16.9. The van der Waals surface area contributed by atoms with Crippen LogP contribution in [0.3, 0.4) is 0 Å². The molecule has 0 saturated heterocycles. The number of aryl methyl sites for hydroxylation is 1. The van der Waals surface area contributed by atoms with Crippen molar-refractivity contribution in [1.82, 2.24) is 0 Å². The summed E-state index contributed by atoms with van der Waals surface area (Å²) in [6, 6.07) is 14.8. The first-order chi connectivity index (χ1) is 9.59. The third-order valence-corrected chi connectivity index (χ3v) is 5.62. The fourth-order valence-electron chi connectivity index (χ4n) is 2.57. The third-order valence-electron chi connectivity index (χ3n) is 3.68. The van der Waals surface area contributed by atoms with Crippen molar-refractivity contribution in [3.63, 3.8) is 0 Å². The zero-order valence-corrected chi connectivity index (χ0v) is 11.9. The van der Waals surface area contributed by atoms with Crippen molar-refractivity contribution < 1.29 is 4.79 Å². The molecule has 0 unspecified atom stereocenters. The highest BCUT2D eigenvalue weighted by Gasteiger charge is 2.19. The summed E-state index contributed by atoms with van der Waals surface area (Å²) >= 11 is 0. The van der Waals surface area contributed by atoms with E-state index >= 15 is 0 Å². The molecule has 4 heteroatoms. The Hall–Kier alpha value is -1.94. The molecule has 1 aliphatic rings. The van der Waals surface area contributed by atoms with E-state index in [9.17, 15) is 4.79 Å². The Labute approximate surface area is 119 Å². The average molecular weight is 284 g/mol. The largest absolute Gasteiger partial charge is 0.294 e. The van der Waals surface area contributed by atoms with Crippen LogP contribution < -0.4 is 0 Å². The quantitative estimate of drug-likeness (QED) is 0.848. The van der Waals surface area contributed by atoms with Gasteiger partial charge in [0.05, 0.1) is 0 Å². The van der Waals surface area contributed by atoms with Crippen molar-refractivity contribution in [1.29, 1.82) is 9.56 Å². The summed E-state index contributed by atoms with van der Waals surface area (Å²) in [7, 11) is -2.50. The maximum absolute atomic E-state index is 11.8. The molecule has 0 spiro atoms. The van der Waals surface area contributed by atoms with E-state index in [4.69, 9.17) is 9.56 Å². The van der Waals surface area contributed by atoms with Gasteiger partial charge in [0.2, 0.25) is 0 Å². The Kier molecular flexibility index (Phi) is 3.18. The van der Waals surface area contributed by atoms with Crippen LogP contribution in [0.4, 0.5) is 0 Å². The van der Waals surface area contributed by atoms with Gasteiger partial charge >= 0.3 is 0 Å². The van der Waals surface area contributed by atoms with Gasteiger partial charge < -0.3 is 0 Å². The van der Waals surface area contributed by atoms with Gasteiger partial charge in [-0.3, -0.25) is 14.4 Å². The van der Waals surface area contributed by atoms with Gasteiger partial charge in [-0.05, 0) is 58.4 Å². The molecular weight excluding hydrogens is 268 g/mol. The Morgan fingerprint density at radius 3 is 2.40 bits per heavy atom. The molecule has 2 aromatic carbocycles. The second kappa shape index (κ2) is 4.87. The van der Waals surface area contributed by atoms with Crippen molar-refractivity contribution in [2.75, 3.05) is 0 Å². The van der Waals surface area contributed by atoms with Gasteiger partial charge in [0.15, 0.2) is 5.78 Å². The number of hydrogen-bond acceptors (Lipinski definition) is 3. The number of rotatable bonds is 2. The van der Waals surface area contributed by atoms with Crippen LogP contribution in [-0.2, 0) is 16.0 Å². The number of benzene rings is 2. The Morgan fingerprint density at radius 1 is 0.900 bits per heavy atom. The number of ketones is 1. The zero-order valence-electron chi connectivity index (χ0n) is 11.1. The third kappa shape index (κ3) is 2.16. The molecule has 0 atom stereocenters. The Balaban J connectivity index is 2.10. The summed E-state index contributed by atoms with van der Waals surface area (Å²) in [5.41, 5.74) is 1.79. The Bertz CT molecular complexity index is 764. The second-order valence-electron chi connectivity index (χ2n) is 5.02. The van der Waals surface area contributed by atoms with Crippen LogP contribution in [0.15, 0.2) is 58.3 Å². The van der Waals surface area contributed by atoms with Crippen molar-refractivity contribution in [2.24, 2.45) is 0 Å². The molecule has 1 aliphatic carbocycles. The van der Waals surface area contributed by atoms with Crippen LogP contribution in [0.2, 0.25) is 0 Å². The minimum Gasteiger partial charge on any atom is -0.294 e. The van der Waals surface area contributed by atoms with E-state index < -0.39 is 9.62 Å². The van der Waals surface area contributed by atoms with E-state index in [-0.39, 0.29) is 5.78 Å². The van der Waals surface area contributed by atoms with E-state index in [2.05, 4.69) is 0 Å². The van der Waals surface area contributed by atoms with Gasteiger partial charge in [-0.25, -0.2) is 0 Å².